The minimum absolute atomic E-state index is 0.112. The van der Waals surface area contributed by atoms with Gasteiger partial charge in [0.1, 0.15) is 0 Å². The van der Waals surface area contributed by atoms with Gasteiger partial charge in [-0.2, -0.15) is 0 Å². The van der Waals surface area contributed by atoms with Gasteiger partial charge in [0.15, 0.2) is 0 Å². The largest absolute Gasteiger partial charge is 0.389 e. The lowest BCUT2D eigenvalue weighted by molar-refractivity contribution is -0.00170. The maximum atomic E-state index is 12.3. The van der Waals surface area contributed by atoms with Crippen molar-refractivity contribution in [3.8, 4) is 0 Å². The topological polar surface area (TPSA) is 74.3 Å². The van der Waals surface area contributed by atoms with Crippen molar-refractivity contribution < 1.29 is 14.6 Å². The highest BCUT2D eigenvalue weighted by molar-refractivity contribution is 6.05. The second-order valence-electron chi connectivity index (χ2n) is 6.00. The third-order valence-electron chi connectivity index (χ3n) is 4.14. The molecule has 2 atom stereocenters. The zero-order valence-corrected chi connectivity index (χ0v) is 14.1. The number of aliphatic hydroxyl groups excluding tert-OH is 1. The molecule has 5 nitrogen and oxygen atoms in total. The van der Waals surface area contributed by atoms with E-state index in [9.17, 15) is 9.90 Å². The maximum absolute atomic E-state index is 12.3. The summed E-state index contributed by atoms with van der Waals surface area (Å²) in [5, 5.41) is 13.8. The molecule has 0 spiro atoms. The number of carbonyl (C=O) groups is 1. The molecule has 3 aromatic rings. The van der Waals surface area contributed by atoms with Crippen LogP contribution in [0.4, 0.5) is 0 Å². The summed E-state index contributed by atoms with van der Waals surface area (Å²) < 4.78 is 5.68. The average molecular weight is 338 g/mol. The van der Waals surface area contributed by atoms with Gasteiger partial charge in [0.05, 0.1) is 29.9 Å². The Morgan fingerprint density at radius 1 is 1.16 bits per heavy atom. The fraction of sp³-hybridized carbons (Fsp3) is 0.250. The molecule has 0 bridgehead atoms. The quantitative estimate of drug-likeness (QED) is 0.620. The number of amides is 1. The minimum atomic E-state index is -0.766. The van der Waals surface area contributed by atoms with E-state index >= 15 is 0 Å². The number of carbonyl (C=O) groups excluding carboxylic acids is 1. The first-order chi connectivity index (χ1) is 12.1. The normalized spacial score (nSPS) is 13.5. The van der Waals surface area contributed by atoms with E-state index in [0.717, 1.165) is 16.5 Å². The van der Waals surface area contributed by atoms with E-state index in [2.05, 4.69) is 10.3 Å². The van der Waals surface area contributed by atoms with E-state index in [0.29, 0.717) is 5.56 Å². The molecule has 0 aliphatic rings. The molecule has 1 aromatic heterocycles. The molecule has 2 aromatic carbocycles. The van der Waals surface area contributed by atoms with Crippen molar-refractivity contribution >= 4 is 16.8 Å². The fourth-order valence-electron chi connectivity index (χ4n) is 2.71. The van der Waals surface area contributed by atoms with Crippen LogP contribution < -0.4 is 5.32 Å². The lowest BCUT2D eigenvalue weighted by Gasteiger charge is -2.17. The number of aromatic nitrogens is 1. The van der Waals surface area contributed by atoms with Crippen LogP contribution in [0.1, 0.15) is 28.9 Å². The van der Waals surface area contributed by atoms with Crippen molar-refractivity contribution in [3.63, 3.8) is 0 Å². The zero-order valence-electron chi connectivity index (χ0n) is 14.1. The second-order valence-corrected chi connectivity index (χ2v) is 6.00. The Kier molecular flexibility index (Phi) is 5.48. The number of benzene rings is 2. The monoisotopic (exact) mass is 338 g/mol. The summed E-state index contributed by atoms with van der Waals surface area (Å²) in [6.07, 6.45) is 0.923. The van der Waals surface area contributed by atoms with E-state index in [1.807, 2.05) is 55.5 Å². The summed E-state index contributed by atoms with van der Waals surface area (Å²) in [6, 6.07) is 17.3. The maximum Gasteiger partial charge on any atom is 0.253 e. The number of hydrogen-bond donors (Lipinski definition) is 3. The molecule has 130 valence electrons. The molecular formula is C20H22N2O3. The Bertz CT molecular complexity index is 829. The third-order valence-corrected chi connectivity index (χ3v) is 4.14. The summed E-state index contributed by atoms with van der Waals surface area (Å²) in [5.41, 5.74) is 2.41. The first-order valence-corrected chi connectivity index (χ1v) is 8.34. The van der Waals surface area contributed by atoms with Crippen molar-refractivity contribution in [2.24, 2.45) is 0 Å². The predicted octanol–water partition coefficient (Wildman–Crippen LogP) is 3.04. The zero-order chi connectivity index (χ0) is 17.6. The molecule has 0 fully saturated rings. The predicted molar refractivity (Wildman–Crippen MR) is 97.4 cm³/mol. The van der Waals surface area contributed by atoms with Crippen LogP contribution in [0.25, 0.3) is 10.9 Å². The van der Waals surface area contributed by atoms with Crippen LogP contribution in [-0.4, -0.2) is 35.3 Å². The number of ether oxygens (including phenoxy) is 1. The summed E-state index contributed by atoms with van der Waals surface area (Å²) in [4.78, 5) is 15.4. The molecule has 2 unspecified atom stereocenters. The smallest absolute Gasteiger partial charge is 0.253 e. The Morgan fingerprint density at radius 3 is 2.76 bits per heavy atom. The summed E-state index contributed by atoms with van der Waals surface area (Å²) in [6.45, 7) is 2.23. The van der Waals surface area contributed by atoms with Crippen molar-refractivity contribution in [2.45, 2.75) is 19.1 Å². The lowest BCUT2D eigenvalue weighted by atomic mass is 10.1. The van der Waals surface area contributed by atoms with Gasteiger partial charge in [0, 0.05) is 18.1 Å². The Morgan fingerprint density at radius 2 is 1.96 bits per heavy atom. The number of rotatable bonds is 7. The Balaban J connectivity index is 1.49. The van der Waals surface area contributed by atoms with E-state index in [1.165, 1.54) is 0 Å². The van der Waals surface area contributed by atoms with Crippen molar-refractivity contribution in [3.05, 3.63) is 71.9 Å². The molecule has 5 heteroatoms. The lowest BCUT2D eigenvalue weighted by Crippen LogP contribution is -2.34. The second kappa shape index (κ2) is 7.96. The van der Waals surface area contributed by atoms with Gasteiger partial charge in [-0.25, -0.2) is 0 Å². The van der Waals surface area contributed by atoms with Gasteiger partial charge in [-0.15, -0.1) is 0 Å². The fourth-order valence-corrected chi connectivity index (χ4v) is 2.71. The van der Waals surface area contributed by atoms with Gasteiger partial charge in [0.25, 0.3) is 5.91 Å². The molecular weight excluding hydrogens is 316 g/mol. The number of fused-ring (bicyclic) bond motifs is 1. The number of H-pyrrole nitrogens is 1. The molecule has 3 rings (SSSR count). The van der Waals surface area contributed by atoms with E-state index < -0.39 is 6.10 Å². The highest BCUT2D eigenvalue weighted by Crippen LogP contribution is 2.17. The first-order valence-electron chi connectivity index (χ1n) is 8.34. The van der Waals surface area contributed by atoms with Gasteiger partial charge >= 0.3 is 0 Å². The standard InChI is InChI=1S/C20H22N2O3/c1-14(15-6-3-2-4-7-15)25-13-17(23)12-22-20(24)18-9-5-8-16-10-11-21-19(16)18/h2-11,14,17,21,23H,12-13H2,1H3,(H,22,24). The van der Waals surface area contributed by atoms with Crippen molar-refractivity contribution in [2.75, 3.05) is 13.2 Å². The van der Waals surface area contributed by atoms with Gasteiger partial charge in [-0.3, -0.25) is 4.79 Å². The highest BCUT2D eigenvalue weighted by atomic mass is 16.5. The molecule has 25 heavy (non-hydrogen) atoms. The Hall–Kier alpha value is -2.63. The van der Waals surface area contributed by atoms with Crippen LogP contribution in [0.3, 0.4) is 0 Å². The average Bonchev–Trinajstić information content (AvgIpc) is 3.13. The summed E-state index contributed by atoms with van der Waals surface area (Å²) >= 11 is 0. The van der Waals surface area contributed by atoms with Crippen molar-refractivity contribution in [1.82, 2.24) is 10.3 Å². The summed E-state index contributed by atoms with van der Waals surface area (Å²) in [5.74, 6) is -0.219. The van der Waals surface area contributed by atoms with E-state index in [4.69, 9.17) is 4.74 Å². The van der Waals surface area contributed by atoms with Crippen LogP contribution in [0.2, 0.25) is 0 Å². The first kappa shape index (κ1) is 17.2. The SMILES string of the molecule is CC(OCC(O)CNC(=O)c1cccc2cc[nH]c12)c1ccccc1. The van der Waals surface area contributed by atoms with Gasteiger partial charge in [-0.1, -0.05) is 42.5 Å². The van der Waals surface area contributed by atoms with Crippen LogP contribution in [-0.2, 0) is 4.74 Å². The van der Waals surface area contributed by atoms with Crippen LogP contribution in [0.5, 0.6) is 0 Å². The number of hydrogen-bond acceptors (Lipinski definition) is 3. The van der Waals surface area contributed by atoms with Crippen LogP contribution in [0.15, 0.2) is 60.8 Å². The number of para-hydroxylation sites is 1. The number of nitrogens with one attached hydrogen (secondary N) is 2. The highest BCUT2D eigenvalue weighted by Gasteiger charge is 2.14. The van der Waals surface area contributed by atoms with Gasteiger partial charge in [-0.05, 0) is 24.6 Å². The van der Waals surface area contributed by atoms with Crippen molar-refractivity contribution in [1.29, 1.82) is 0 Å². The van der Waals surface area contributed by atoms with E-state index in [-0.39, 0.29) is 25.2 Å². The number of aromatic amines is 1. The molecule has 3 N–H and O–H groups in total. The molecule has 0 aliphatic carbocycles. The van der Waals surface area contributed by atoms with Crippen LogP contribution in [0, 0.1) is 0 Å². The van der Waals surface area contributed by atoms with E-state index in [1.54, 1.807) is 12.3 Å². The molecule has 0 aliphatic heterocycles. The minimum Gasteiger partial charge on any atom is -0.389 e. The third kappa shape index (κ3) is 4.26. The molecule has 0 radical (unpaired) electrons. The molecule has 1 amide bonds. The Labute approximate surface area is 146 Å². The van der Waals surface area contributed by atoms with Gasteiger partial charge in [0.2, 0.25) is 0 Å². The summed E-state index contributed by atoms with van der Waals surface area (Å²) in [7, 11) is 0. The number of aliphatic hydroxyl groups is 1. The molecule has 0 saturated heterocycles. The molecule has 0 saturated carbocycles. The van der Waals surface area contributed by atoms with Crippen LogP contribution >= 0.6 is 0 Å². The molecule has 1 heterocycles. The van der Waals surface area contributed by atoms with Gasteiger partial charge < -0.3 is 20.1 Å².